The normalized spacial score (nSPS) is 17.7. The van der Waals surface area contributed by atoms with E-state index >= 15 is 0 Å². The van der Waals surface area contributed by atoms with Gasteiger partial charge in [0, 0.05) is 16.8 Å². The van der Waals surface area contributed by atoms with Crippen LogP contribution in [0.2, 0.25) is 0 Å². The Morgan fingerprint density at radius 1 is 1.40 bits per heavy atom. The smallest absolute Gasteiger partial charge is 0.0741 e. The number of fused-ring (bicyclic) bond motifs is 1. The molecule has 1 aromatic rings. The standard InChI is InChI=1S/C17H20N2S/c1-5-8-13(11-18-7-3)15-9-10-16-17(14(15)6-2)20-12(4)19-16/h5-12,18-19H,2-3H2,1,4H3/b8-5-,13-11+. The van der Waals surface area contributed by atoms with Crippen LogP contribution in [0.5, 0.6) is 0 Å². The maximum atomic E-state index is 3.98. The number of nitrogens with one attached hydrogen (secondary N) is 2. The predicted molar refractivity (Wildman–Crippen MR) is 91.6 cm³/mol. The van der Waals surface area contributed by atoms with Gasteiger partial charge in [-0.25, -0.2) is 0 Å². The van der Waals surface area contributed by atoms with E-state index in [1.807, 2.05) is 37.0 Å². The first kappa shape index (κ1) is 14.5. The summed E-state index contributed by atoms with van der Waals surface area (Å²) in [5.41, 5.74) is 4.66. The van der Waals surface area contributed by atoms with E-state index in [1.54, 1.807) is 6.20 Å². The van der Waals surface area contributed by atoms with Crippen LogP contribution in [0.15, 0.2) is 54.7 Å². The Labute approximate surface area is 125 Å². The van der Waals surface area contributed by atoms with Gasteiger partial charge in [-0.3, -0.25) is 0 Å². The van der Waals surface area contributed by atoms with Crippen LogP contribution >= 0.6 is 11.8 Å². The van der Waals surface area contributed by atoms with Crippen LogP contribution in [0, 0.1) is 0 Å². The van der Waals surface area contributed by atoms with E-state index in [2.05, 4.69) is 48.9 Å². The van der Waals surface area contributed by atoms with Gasteiger partial charge < -0.3 is 10.6 Å². The quantitative estimate of drug-likeness (QED) is 0.756. The van der Waals surface area contributed by atoms with Gasteiger partial charge in [-0.1, -0.05) is 49.2 Å². The van der Waals surface area contributed by atoms with Crippen molar-refractivity contribution in [3.05, 3.63) is 61.0 Å². The van der Waals surface area contributed by atoms with Crippen molar-refractivity contribution in [2.24, 2.45) is 0 Å². The summed E-state index contributed by atoms with van der Waals surface area (Å²) in [6.45, 7) is 11.8. The molecular weight excluding hydrogens is 264 g/mol. The third-order valence-corrected chi connectivity index (χ3v) is 4.21. The van der Waals surface area contributed by atoms with Crippen molar-refractivity contribution in [1.82, 2.24) is 5.32 Å². The average Bonchev–Trinajstić information content (AvgIpc) is 2.82. The largest absolute Gasteiger partial charge is 0.372 e. The highest BCUT2D eigenvalue weighted by Crippen LogP contribution is 2.43. The van der Waals surface area contributed by atoms with Crippen molar-refractivity contribution >= 4 is 29.1 Å². The van der Waals surface area contributed by atoms with Gasteiger partial charge in [0.1, 0.15) is 0 Å². The fourth-order valence-electron chi connectivity index (χ4n) is 2.26. The number of thioether (sulfide) groups is 1. The first-order valence-corrected chi connectivity index (χ1v) is 7.52. The number of hydrogen-bond donors (Lipinski definition) is 2. The van der Waals surface area contributed by atoms with Gasteiger partial charge in [0.05, 0.1) is 5.37 Å². The van der Waals surface area contributed by atoms with Crippen molar-refractivity contribution in [2.45, 2.75) is 24.1 Å². The summed E-state index contributed by atoms with van der Waals surface area (Å²) in [6.07, 6.45) is 9.68. The van der Waals surface area contributed by atoms with E-state index in [-0.39, 0.29) is 0 Å². The third kappa shape index (κ3) is 2.83. The van der Waals surface area contributed by atoms with Crippen LogP contribution in [-0.2, 0) is 0 Å². The number of rotatable bonds is 5. The Morgan fingerprint density at radius 3 is 2.85 bits per heavy atom. The van der Waals surface area contributed by atoms with Crippen molar-refractivity contribution in [1.29, 1.82) is 0 Å². The van der Waals surface area contributed by atoms with E-state index in [4.69, 9.17) is 0 Å². The summed E-state index contributed by atoms with van der Waals surface area (Å²) in [5.74, 6) is 0. The number of benzene rings is 1. The molecule has 0 bridgehead atoms. The second-order valence-corrected chi connectivity index (χ2v) is 5.83. The Balaban J connectivity index is 2.54. The zero-order valence-corrected chi connectivity index (χ0v) is 12.8. The molecule has 0 aliphatic carbocycles. The van der Waals surface area contributed by atoms with Gasteiger partial charge in [0.25, 0.3) is 0 Å². The maximum absolute atomic E-state index is 3.98. The Morgan fingerprint density at radius 2 is 2.20 bits per heavy atom. The lowest BCUT2D eigenvalue weighted by Crippen LogP contribution is -2.02. The van der Waals surface area contributed by atoms with Crippen molar-refractivity contribution in [3.8, 4) is 0 Å². The topological polar surface area (TPSA) is 24.1 Å². The molecule has 104 valence electrons. The van der Waals surface area contributed by atoms with Crippen molar-refractivity contribution in [3.63, 3.8) is 0 Å². The van der Waals surface area contributed by atoms with Crippen molar-refractivity contribution in [2.75, 3.05) is 5.32 Å². The molecule has 1 unspecified atom stereocenters. The van der Waals surface area contributed by atoms with E-state index in [0.29, 0.717) is 5.37 Å². The van der Waals surface area contributed by atoms with Crippen LogP contribution in [0.1, 0.15) is 25.0 Å². The summed E-state index contributed by atoms with van der Waals surface area (Å²) >= 11 is 1.84. The molecule has 2 rings (SSSR count). The molecule has 0 saturated heterocycles. The van der Waals surface area contributed by atoms with Gasteiger partial charge in [0.15, 0.2) is 0 Å². The molecule has 0 amide bonds. The molecule has 2 N–H and O–H groups in total. The fourth-order valence-corrected chi connectivity index (χ4v) is 3.38. The van der Waals surface area contributed by atoms with E-state index < -0.39 is 0 Å². The first-order valence-electron chi connectivity index (χ1n) is 6.64. The van der Waals surface area contributed by atoms with Gasteiger partial charge >= 0.3 is 0 Å². The highest BCUT2D eigenvalue weighted by molar-refractivity contribution is 8.00. The lowest BCUT2D eigenvalue weighted by molar-refractivity contribution is 1.15. The summed E-state index contributed by atoms with van der Waals surface area (Å²) in [6, 6.07) is 4.28. The molecule has 20 heavy (non-hydrogen) atoms. The molecule has 3 heteroatoms. The van der Waals surface area contributed by atoms with Crippen LogP contribution < -0.4 is 10.6 Å². The highest BCUT2D eigenvalue weighted by Gasteiger charge is 2.22. The second kappa shape index (κ2) is 6.53. The molecule has 0 spiro atoms. The Hall–Kier alpha value is -1.87. The van der Waals surface area contributed by atoms with Gasteiger partial charge in [-0.2, -0.15) is 0 Å². The third-order valence-electron chi connectivity index (χ3n) is 3.07. The summed E-state index contributed by atoms with van der Waals surface area (Å²) in [5, 5.41) is 6.91. The zero-order chi connectivity index (χ0) is 14.5. The average molecular weight is 284 g/mol. The molecular formula is C17H20N2S. The molecule has 1 heterocycles. The minimum Gasteiger partial charge on any atom is -0.372 e. The summed E-state index contributed by atoms with van der Waals surface area (Å²) in [4.78, 5) is 1.28. The molecule has 1 atom stereocenters. The SMILES string of the molecule is C=CN/C=C(\C=C/C)c1ccc2c(c1C=C)SC(C)N2. The zero-order valence-electron chi connectivity index (χ0n) is 11.9. The van der Waals surface area contributed by atoms with Gasteiger partial charge in [0.2, 0.25) is 0 Å². The maximum Gasteiger partial charge on any atom is 0.0741 e. The Kier molecular flexibility index (Phi) is 4.74. The minimum absolute atomic E-state index is 0.402. The lowest BCUT2D eigenvalue weighted by atomic mass is 9.99. The van der Waals surface area contributed by atoms with Crippen LogP contribution in [0.25, 0.3) is 11.6 Å². The minimum atomic E-state index is 0.402. The van der Waals surface area contributed by atoms with Gasteiger partial charge in [-0.05, 0) is 42.8 Å². The summed E-state index contributed by atoms with van der Waals surface area (Å²) < 4.78 is 0. The van der Waals surface area contributed by atoms with E-state index in [0.717, 1.165) is 5.57 Å². The van der Waals surface area contributed by atoms with E-state index in [9.17, 15) is 0 Å². The summed E-state index contributed by atoms with van der Waals surface area (Å²) in [7, 11) is 0. The lowest BCUT2D eigenvalue weighted by Gasteiger charge is -2.11. The van der Waals surface area contributed by atoms with Crippen molar-refractivity contribution < 1.29 is 0 Å². The molecule has 0 saturated carbocycles. The fraction of sp³-hybridized carbons (Fsp3) is 0.176. The first-order chi connectivity index (χ1) is 9.71. The highest BCUT2D eigenvalue weighted by atomic mass is 32.2. The van der Waals surface area contributed by atoms with Crippen LogP contribution in [0.4, 0.5) is 5.69 Å². The molecule has 1 aromatic carbocycles. The molecule has 1 aliphatic rings. The molecule has 0 fully saturated rings. The Bertz CT molecular complexity index is 585. The van der Waals surface area contributed by atoms with Gasteiger partial charge in [-0.15, -0.1) is 0 Å². The molecule has 1 aliphatic heterocycles. The number of anilines is 1. The second-order valence-electron chi connectivity index (χ2n) is 4.48. The van der Waals surface area contributed by atoms with Crippen LogP contribution in [0.3, 0.4) is 0 Å². The van der Waals surface area contributed by atoms with E-state index in [1.165, 1.54) is 21.7 Å². The van der Waals surface area contributed by atoms with Crippen LogP contribution in [-0.4, -0.2) is 5.37 Å². The molecule has 0 aromatic heterocycles. The number of hydrogen-bond acceptors (Lipinski definition) is 3. The predicted octanol–water partition coefficient (Wildman–Crippen LogP) is 4.84. The molecule has 0 radical (unpaired) electrons. The number of allylic oxidation sites excluding steroid dienone is 3. The monoisotopic (exact) mass is 284 g/mol. The molecule has 2 nitrogen and oxygen atoms in total.